The van der Waals surface area contributed by atoms with Gasteiger partial charge in [-0.15, -0.1) is 0 Å². The highest BCUT2D eigenvalue weighted by Gasteiger charge is 2.35. The van der Waals surface area contributed by atoms with Gasteiger partial charge in [-0.1, -0.05) is 60.7 Å². The summed E-state index contributed by atoms with van der Waals surface area (Å²) in [7, 11) is 3.11. The maximum atomic E-state index is 13.4. The molecule has 0 saturated carbocycles. The van der Waals surface area contributed by atoms with Crippen LogP contribution in [0, 0.1) is 0 Å². The number of benzene rings is 4. The van der Waals surface area contributed by atoms with E-state index in [1.54, 1.807) is 14.2 Å². The van der Waals surface area contributed by atoms with Crippen LogP contribution in [-0.4, -0.2) is 76.0 Å². The van der Waals surface area contributed by atoms with Gasteiger partial charge in [0.2, 0.25) is 0 Å². The van der Waals surface area contributed by atoms with E-state index in [2.05, 4.69) is 21.3 Å². The highest BCUT2D eigenvalue weighted by Crippen LogP contribution is 2.40. The van der Waals surface area contributed by atoms with Crippen LogP contribution >= 0.6 is 24.4 Å². The molecule has 0 saturated heterocycles. The standard InChI is InChI=1S/C42H46N4O8S2/c1-25-33(39(47)53-23-21-49-3)37(45-41(55)43-25)35-29-13-7-5-11-27(29)15-17-31(35)51-19-9-10-20-52-32-18-16-28-12-6-8-14-30(28)36(32)38-34(26(2)44-42(56)46-38)40(48)54-24-22-50-4/h5-8,11-18,37-38H,9-10,19-24H2,1-4H3,(H2,43,45,55)(H2,44,46,56). The van der Waals surface area contributed by atoms with E-state index in [4.69, 9.17) is 52.9 Å². The third-order valence-electron chi connectivity index (χ3n) is 9.51. The van der Waals surface area contributed by atoms with Crippen LogP contribution < -0.4 is 30.7 Å². The number of methoxy groups -OCH3 is 2. The Hall–Kier alpha value is -5.28. The minimum absolute atomic E-state index is 0.117. The SMILES string of the molecule is COCCOC(=O)C1=C(C)NC(=S)NC1c1c(OCCCCOc2ccc3ccccc3c2C2NC(=S)NC(C)=C2C(=O)OCCOC)ccc2ccccc12. The normalized spacial score (nSPS) is 16.9. The first kappa shape index (κ1) is 40.4. The van der Waals surface area contributed by atoms with Gasteiger partial charge in [-0.3, -0.25) is 0 Å². The molecule has 0 fully saturated rings. The van der Waals surface area contributed by atoms with Crippen LogP contribution in [0.5, 0.6) is 11.5 Å². The van der Waals surface area contributed by atoms with Crippen molar-refractivity contribution in [2.75, 3.05) is 53.9 Å². The fraction of sp³-hybridized carbons (Fsp3) is 0.333. The summed E-state index contributed by atoms with van der Waals surface area (Å²) >= 11 is 11.1. The molecule has 0 aromatic heterocycles. The van der Waals surface area contributed by atoms with E-state index in [1.165, 1.54) is 0 Å². The van der Waals surface area contributed by atoms with Crippen LogP contribution in [0.3, 0.4) is 0 Å². The van der Waals surface area contributed by atoms with Gasteiger partial charge in [0.25, 0.3) is 0 Å². The molecule has 12 nitrogen and oxygen atoms in total. The van der Waals surface area contributed by atoms with E-state index in [-0.39, 0.29) is 26.4 Å². The van der Waals surface area contributed by atoms with E-state index in [1.807, 2.05) is 86.6 Å². The molecule has 2 aliphatic heterocycles. The number of esters is 2. The minimum atomic E-state index is -0.620. The Morgan fingerprint density at radius 3 is 1.39 bits per heavy atom. The van der Waals surface area contributed by atoms with E-state index in [9.17, 15) is 9.59 Å². The Bertz CT molecular complexity index is 2040. The van der Waals surface area contributed by atoms with Crippen LogP contribution in [-0.2, 0) is 28.5 Å². The lowest BCUT2D eigenvalue weighted by molar-refractivity contribution is -0.141. The number of carbonyl (C=O) groups excluding carboxylic acids is 2. The second kappa shape index (κ2) is 19.0. The summed E-state index contributed by atoms with van der Waals surface area (Å²) in [6, 6.07) is 22.5. The molecule has 4 N–H and O–H groups in total. The topological polar surface area (TPSA) is 138 Å². The Kier molecular flexibility index (Phi) is 13.7. The predicted molar refractivity (Wildman–Crippen MR) is 222 cm³/mol. The van der Waals surface area contributed by atoms with Gasteiger partial charge < -0.3 is 49.7 Å². The average Bonchev–Trinajstić information content (AvgIpc) is 3.18. The molecule has 4 aromatic carbocycles. The van der Waals surface area contributed by atoms with Crippen molar-refractivity contribution >= 4 is 68.1 Å². The number of hydrogen-bond donors (Lipinski definition) is 4. The lowest BCUT2D eigenvalue weighted by Gasteiger charge is -2.32. The van der Waals surface area contributed by atoms with Gasteiger partial charge in [-0.25, -0.2) is 9.59 Å². The Labute approximate surface area is 336 Å². The zero-order chi connectivity index (χ0) is 39.6. The van der Waals surface area contributed by atoms with E-state index in [0.29, 0.717) is 70.3 Å². The fourth-order valence-corrected chi connectivity index (χ4v) is 7.46. The van der Waals surface area contributed by atoms with Crippen molar-refractivity contribution in [1.82, 2.24) is 21.3 Å². The van der Waals surface area contributed by atoms with E-state index >= 15 is 0 Å². The fourth-order valence-electron chi connectivity index (χ4n) is 6.92. The van der Waals surface area contributed by atoms with Crippen molar-refractivity contribution in [2.24, 2.45) is 0 Å². The van der Waals surface area contributed by atoms with Crippen molar-refractivity contribution in [2.45, 2.75) is 38.8 Å². The van der Waals surface area contributed by atoms with Crippen LogP contribution in [0.2, 0.25) is 0 Å². The molecule has 0 radical (unpaired) electrons. The van der Waals surface area contributed by atoms with Gasteiger partial charge in [0.1, 0.15) is 24.7 Å². The van der Waals surface area contributed by atoms with Gasteiger partial charge in [-0.05, 0) is 84.8 Å². The molecule has 2 unspecified atom stereocenters. The molecule has 0 aliphatic carbocycles. The zero-order valence-electron chi connectivity index (χ0n) is 31.8. The summed E-state index contributed by atoms with van der Waals surface area (Å²) in [6.07, 6.45) is 1.33. The molecule has 0 spiro atoms. The van der Waals surface area contributed by atoms with Crippen LogP contribution in [0.15, 0.2) is 95.3 Å². The van der Waals surface area contributed by atoms with Gasteiger partial charge in [0.05, 0.1) is 49.7 Å². The Balaban J connectivity index is 1.20. The number of hydrogen-bond acceptors (Lipinski definition) is 10. The second-order valence-electron chi connectivity index (χ2n) is 13.2. The summed E-state index contributed by atoms with van der Waals surface area (Å²) in [5, 5.41) is 17.4. The van der Waals surface area contributed by atoms with Gasteiger partial charge in [0.15, 0.2) is 10.2 Å². The Morgan fingerprint density at radius 1 is 0.571 bits per heavy atom. The minimum Gasteiger partial charge on any atom is -0.493 e. The molecule has 0 amide bonds. The van der Waals surface area contributed by atoms with Crippen molar-refractivity contribution in [3.63, 3.8) is 0 Å². The summed E-state index contributed by atoms with van der Waals surface area (Å²) in [5.41, 5.74) is 3.61. The third-order valence-corrected chi connectivity index (χ3v) is 9.95. The van der Waals surface area contributed by atoms with Gasteiger partial charge >= 0.3 is 11.9 Å². The van der Waals surface area contributed by atoms with Crippen molar-refractivity contribution in [3.05, 3.63) is 106 Å². The molecule has 14 heteroatoms. The zero-order valence-corrected chi connectivity index (χ0v) is 33.5. The second-order valence-corrected chi connectivity index (χ2v) is 14.0. The lowest BCUT2D eigenvalue weighted by Crippen LogP contribution is -2.45. The average molecular weight is 799 g/mol. The summed E-state index contributed by atoms with van der Waals surface area (Å²) in [4.78, 5) is 26.9. The monoisotopic (exact) mass is 798 g/mol. The molecule has 6 rings (SSSR count). The smallest absolute Gasteiger partial charge is 0.338 e. The molecule has 2 aliphatic rings. The number of thiocarbonyl (C=S) groups is 2. The molecule has 4 aromatic rings. The quantitative estimate of drug-likeness (QED) is 0.0549. The number of nitrogens with one attached hydrogen (secondary N) is 4. The first-order chi connectivity index (χ1) is 27.2. The van der Waals surface area contributed by atoms with Crippen LogP contribution in [0.1, 0.15) is 49.9 Å². The largest absolute Gasteiger partial charge is 0.493 e. The van der Waals surface area contributed by atoms with Gasteiger partial charge in [-0.2, -0.15) is 0 Å². The van der Waals surface area contributed by atoms with Crippen molar-refractivity contribution in [3.8, 4) is 11.5 Å². The maximum Gasteiger partial charge on any atom is 0.338 e. The first-order valence-electron chi connectivity index (χ1n) is 18.4. The lowest BCUT2D eigenvalue weighted by atomic mass is 9.90. The van der Waals surface area contributed by atoms with Crippen LogP contribution in [0.4, 0.5) is 0 Å². The van der Waals surface area contributed by atoms with Crippen molar-refractivity contribution < 1.29 is 38.0 Å². The molecule has 2 heterocycles. The molecule has 294 valence electrons. The van der Waals surface area contributed by atoms with Crippen LogP contribution in [0.25, 0.3) is 21.5 Å². The summed E-state index contributed by atoms with van der Waals surface area (Å²) < 4.78 is 34.3. The third kappa shape index (κ3) is 9.22. The molecule has 0 bridgehead atoms. The number of carbonyl (C=O) groups is 2. The number of allylic oxidation sites excluding steroid dienone is 2. The van der Waals surface area contributed by atoms with Crippen molar-refractivity contribution in [1.29, 1.82) is 0 Å². The highest BCUT2D eigenvalue weighted by atomic mass is 32.1. The summed E-state index contributed by atoms with van der Waals surface area (Å²) in [6.45, 7) is 5.17. The predicted octanol–water partition coefficient (Wildman–Crippen LogP) is 6.20. The van der Waals surface area contributed by atoms with E-state index in [0.717, 1.165) is 32.7 Å². The highest BCUT2D eigenvalue weighted by molar-refractivity contribution is 7.80. The molecule has 56 heavy (non-hydrogen) atoms. The Morgan fingerprint density at radius 2 is 0.982 bits per heavy atom. The van der Waals surface area contributed by atoms with E-state index < -0.39 is 24.0 Å². The molecular weight excluding hydrogens is 753 g/mol. The number of unbranched alkanes of at least 4 members (excludes halogenated alkanes) is 1. The summed E-state index contributed by atoms with van der Waals surface area (Å²) in [5.74, 6) is 0.300. The molecular formula is C42H46N4O8S2. The molecule has 2 atom stereocenters. The maximum absolute atomic E-state index is 13.4. The first-order valence-corrected chi connectivity index (χ1v) is 19.2. The van der Waals surface area contributed by atoms with Gasteiger partial charge in [0, 0.05) is 36.7 Å². The number of fused-ring (bicyclic) bond motifs is 2. The number of ether oxygens (including phenoxy) is 6. The number of rotatable bonds is 17.